The number of carboxylic acid groups (broad SMARTS) is 1. The van der Waals surface area contributed by atoms with E-state index >= 15 is 0 Å². The second-order valence-electron chi connectivity index (χ2n) is 4.01. The van der Waals surface area contributed by atoms with Crippen molar-refractivity contribution in [2.45, 2.75) is 13.5 Å². The summed E-state index contributed by atoms with van der Waals surface area (Å²) in [6, 6.07) is 7.86. The number of hydrogen-bond acceptors (Lipinski definition) is 4. The van der Waals surface area contributed by atoms with Crippen LogP contribution in [0.2, 0.25) is 0 Å². The zero-order chi connectivity index (χ0) is 13.0. The van der Waals surface area contributed by atoms with Crippen molar-refractivity contribution >= 4 is 5.97 Å². The summed E-state index contributed by atoms with van der Waals surface area (Å²) in [5.74, 6) is -0.348. The molecule has 2 aromatic rings. The Kier molecular flexibility index (Phi) is 3.74. The highest BCUT2D eigenvalue weighted by molar-refractivity contribution is 5.68. The molecule has 0 aliphatic carbocycles. The van der Waals surface area contributed by atoms with E-state index < -0.39 is 5.97 Å². The van der Waals surface area contributed by atoms with Crippen LogP contribution in [0.15, 0.2) is 34.9 Å². The number of nitrogens with zero attached hydrogens (tertiary/aromatic N) is 1. The highest BCUT2D eigenvalue weighted by atomic mass is 16.4. The number of aryl methyl sites for hydroxylation is 1. The second kappa shape index (κ2) is 5.46. The molecule has 5 nitrogen and oxygen atoms in total. The Morgan fingerprint density at radius 3 is 2.78 bits per heavy atom. The maximum Gasteiger partial charge on any atom is 0.317 e. The van der Waals surface area contributed by atoms with Gasteiger partial charge < -0.3 is 14.8 Å². The van der Waals surface area contributed by atoms with Crippen molar-refractivity contribution in [2.75, 3.05) is 6.54 Å². The highest BCUT2D eigenvalue weighted by Crippen LogP contribution is 2.18. The molecule has 2 rings (SSSR count). The van der Waals surface area contributed by atoms with Gasteiger partial charge in [0.1, 0.15) is 6.26 Å². The van der Waals surface area contributed by atoms with Gasteiger partial charge >= 0.3 is 5.97 Å². The van der Waals surface area contributed by atoms with Crippen LogP contribution < -0.4 is 5.32 Å². The van der Waals surface area contributed by atoms with E-state index in [0.717, 1.165) is 5.56 Å². The molecule has 0 amide bonds. The van der Waals surface area contributed by atoms with Crippen molar-refractivity contribution in [3.05, 3.63) is 41.8 Å². The van der Waals surface area contributed by atoms with Crippen LogP contribution in [0.4, 0.5) is 0 Å². The summed E-state index contributed by atoms with van der Waals surface area (Å²) in [7, 11) is 0. The summed E-state index contributed by atoms with van der Waals surface area (Å²) in [5.41, 5.74) is 2.77. The monoisotopic (exact) mass is 246 g/mol. The quantitative estimate of drug-likeness (QED) is 0.841. The number of hydrogen-bond donors (Lipinski definition) is 2. The van der Waals surface area contributed by atoms with Gasteiger partial charge in [0.15, 0.2) is 0 Å². The molecule has 0 radical (unpaired) electrons. The third-order valence-corrected chi connectivity index (χ3v) is 2.43. The van der Waals surface area contributed by atoms with E-state index in [2.05, 4.69) is 10.3 Å². The Morgan fingerprint density at radius 2 is 2.11 bits per heavy atom. The summed E-state index contributed by atoms with van der Waals surface area (Å²) in [6.07, 6.45) is 1.53. The Hall–Kier alpha value is -2.14. The number of aliphatic carboxylic acids is 1. The van der Waals surface area contributed by atoms with Gasteiger partial charge in [0.25, 0.3) is 0 Å². The SMILES string of the molecule is Cc1ccc(-c2nc(CNCC(=O)O)co2)cc1. The Morgan fingerprint density at radius 1 is 1.39 bits per heavy atom. The number of carbonyl (C=O) groups is 1. The maximum atomic E-state index is 10.3. The topological polar surface area (TPSA) is 75.4 Å². The van der Waals surface area contributed by atoms with Crippen molar-refractivity contribution in [3.63, 3.8) is 0 Å². The molecule has 1 aromatic heterocycles. The predicted octanol–water partition coefficient (Wildman–Crippen LogP) is 1.82. The molecule has 0 aliphatic rings. The van der Waals surface area contributed by atoms with Gasteiger partial charge in [-0.25, -0.2) is 4.98 Å². The van der Waals surface area contributed by atoms with Gasteiger partial charge in [0.2, 0.25) is 5.89 Å². The van der Waals surface area contributed by atoms with Crippen molar-refractivity contribution < 1.29 is 14.3 Å². The van der Waals surface area contributed by atoms with Crippen LogP contribution in [-0.2, 0) is 11.3 Å². The molecule has 0 unspecified atom stereocenters. The molecule has 5 heteroatoms. The molecule has 18 heavy (non-hydrogen) atoms. The zero-order valence-corrected chi connectivity index (χ0v) is 10.0. The number of carboxylic acids is 1. The molecule has 0 saturated heterocycles. The van der Waals surface area contributed by atoms with Crippen molar-refractivity contribution in [1.82, 2.24) is 10.3 Å². The molecule has 0 saturated carbocycles. The Labute approximate surface area is 104 Å². The first-order chi connectivity index (χ1) is 8.65. The van der Waals surface area contributed by atoms with Gasteiger partial charge in [0, 0.05) is 12.1 Å². The maximum absolute atomic E-state index is 10.3. The van der Waals surface area contributed by atoms with E-state index in [9.17, 15) is 4.79 Å². The number of oxazole rings is 1. The smallest absolute Gasteiger partial charge is 0.317 e. The number of aromatic nitrogens is 1. The fourth-order valence-electron chi connectivity index (χ4n) is 1.51. The van der Waals surface area contributed by atoms with E-state index in [-0.39, 0.29) is 6.54 Å². The molecule has 1 heterocycles. The number of benzene rings is 1. The average molecular weight is 246 g/mol. The van der Waals surface area contributed by atoms with Crippen LogP contribution in [0.25, 0.3) is 11.5 Å². The third-order valence-electron chi connectivity index (χ3n) is 2.43. The molecule has 2 N–H and O–H groups in total. The first kappa shape index (κ1) is 12.3. The summed E-state index contributed by atoms with van der Waals surface area (Å²) in [6.45, 7) is 2.30. The lowest BCUT2D eigenvalue weighted by Gasteiger charge is -1.97. The Balaban J connectivity index is 2.01. The third kappa shape index (κ3) is 3.18. The van der Waals surface area contributed by atoms with Crippen LogP contribution >= 0.6 is 0 Å². The zero-order valence-electron chi connectivity index (χ0n) is 10.0. The molecule has 94 valence electrons. The summed E-state index contributed by atoms with van der Waals surface area (Å²) >= 11 is 0. The van der Waals surface area contributed by atoms with Gasteiger partial charge in [-0.05, 0) is 19.1 Å². The second-order valence-corrected chi connectivity index (χ2v) is 4.01. The lowest BCUT2D eigenvalue weighted by atomic mass is 10.1. The van der Waals surface area contributed by atoms with Gasteiger partial charge in [0.05, 0.1) is 12.2 Å². The first-order valence-electron chi connectivity index (χ1n) is 5.59. The lowest BCUT2D eigenvalue weighted by Crippen LogP contribution is -2.21. The average Bonchev–Trinajstić information content (AvgIpc) is 2.78. The molecular formula is C13H14N2O3. The van der Waals surface area contributed by atoms with Gasteiger partial charge in [-0.3, -0.25) is 4.79 Å². The molecule has 0 fully saturated rings. The summed E-state index contributed by atoms with van der Waals surface area (Å²) < 4.78 is 5.35. The standard InChI is InChI=1S/C13H14N2O3/c1-9-2-4-10(5-3-9)13-15-11(8-18-13)6-14-7-12(16)17/h2-5,8,14H,6-7H2,1H3,(H,16,17). The van der Waals surface area contributed by atoms with Crippen LogP contribution in [0, 0.1) is 6.92 Å². The molecule has 0 spiro atoms. The predicted molar refractivity (Wildman–Crippen MR) is 66.0 cm³/mol. The van der Waals surface area contributed by atoms with Crippen LogP contribution in [-0.4, -0.2) is 22.6 Å². The lowest BCUT2D eigenvalue weighted by molar-refractivity contribution is -0.136. The van der Waals surface area contributed by atoms with Crippen molar-refractivity contribution in [3.8, 4) is 11.5 Å². The molecule has 1 aromatic carbocycles. The van der Waals surface area contributed by atoms with Crippen LogP contribution in [0.1, 0.15) is 11.3 Å². The molecule has 0 atom stereocenters. The fraction of sp³-hybridized carbons (Fsp3) is 0.231. The highest BCUT2D eigenvalue weighted by Gasteiger charge is 2.06. The fourth-order valence-corrected chi connectivity index (χ4v) is 1.51. The largest absolute Gasteiger partial charge is 0.480 e. The van der Waals surface area contributed by atoms with E-state index in [1.807, 2.05) is 31.2 Å². The number of rotatable bonds is 5. The van der Waals surface area contributed by atoms with Gasteiger partial charge in [-0.2, -0.15) is 0 Å². The molecule has 0 aliphatic heterocycles. The minimum atomic E-state index is -0.891. The minimum Gasteiger partial charge on any atom is -0.480 e. The van der Waals surface area contributed by atoms with Crippen LogP contribution in [0.3, 0.4) is 0 Å². The van der Waals surface area contributed by atoms with E-state index in [1.54, 1.807) is 0 Å². The number of nitrogens with one attached hydrogen (secondary N) is 1. The van der Waals surface area contributed by atoms with Crippen LogP contribution in [0.5, 0.6) is 0 Å². The summed E-state index contributed by atoms with van der Waals surface area (Å²) in [4.78, 5) is 14.6. The first-order valence-corrected chi connectivity index (χ1v) is 5.59. The van der Waals surface area contributed by atoms with Gasteiger partial charge in [-0.1, -0.05) is 17.7 Å². The van der Waals surface area contributed by atoms with Crippen molar-refractivity contribution in [1.29, 1.82) is 0 Å². The Bertz CT molecular complexity index is 531. The normalized spacial score (nSPS) is 10.5. The summed E-state index contributed by atoms with van der Waals surface area (Å²) in [5, 5.41) is 11.2. The minimum absolute atomic E-state index is 0.0906. The van der Waals surface area contributed by atoms with Gasteiger partial charge in [-0.15, -0.1) is 0 Å². The van der Waals surface area contributed by atoms with Crippen molar-refractivity contribution in [2.24, 2.45) is 0 Å². The molecule has 0 bridgehead atoms. The van der Waals surface area contributed by atoms with E-state index in [0.29, 0.717) is 18.1 Å². The van der Waals surface area contributed by atoms with E-state index in [1.165, 1.54) is 11.8 Å². The van der Waals surface area contributed by atoms with E-state index in [4.69, 9.17) is 9.52 Å². The molecular weight excluding hydrogens is 232 g/mol.